The highest BCUT2D eigenvalue weighted by Crippen LogP contribution is 2.19. The number of anilines is 1. The second-order valence-electron chi connectivity index (χ2n) is 8.12. The van der Waals surface area contributed by atoms with E-state index in [1.165, 1.54) is 24.1 Å². The summed E-state index contributed by atoms with van der Waals surface area (Å²) in [6.07, 6.45) is 1.16. The quantitative estimate of drug-likeness (QED) is 0.317. The van der Waals surface area contributed by atoms with Gasteiger partial charge in [-0.3, -0.25) is 10.1 Å². The first-order valence-corrected chi connectivity index (χ1v) is 11.8. The van der Waals surface area contributed by atoms with Gasteiger partial charge < -0.3 is 26.0 Å². The van der Waals surface area contributed by atoms with Crippen LogP contribution in [-0.2, 0) is 16.1 Å². The number of pyridine rings is 1. The largest absolute Gasteiger partial charge is 0.447 e. The molecule has 0 bridgehead atoms. The summed E-state index contributed by atoms with van der Waals surface area (Å²) in [5.41, 5.74) is 5.72. The number of ether oxygens (including phenoxy) is 1. The Balaban J connectivity index is 1.60. The molecule has 0 fully saturated rings. The molecule has 12 heteroatoms. The molecule has 0 radical (unpaired) electrons. The van der Waals surface area contributed by atoms with E-state index < -0.39 is 24.0 Å². The van der Waals surface area contributed by atoms with Gasteiger partial charge in [-0.15, -0.1) is 0 Å². The molecule has 0 saturated carbocycles. The van der Waals surface area contributed by atoms with E-state index in [4.69, 9.17) is 22.1 Å². The Morgan fingerprint density at radius 2 is 1.89 bits per heavy atom. The summed E-state index contributed by atoms with van der Waals surface area (Å²) in [4.78, 5) is 42.2. The number of hydrogen-bond donors (Lipinski definition) is 4. The Kier molecular flexibility index (Phi) is 9.99. The Morgan fingerprint density at radius 3 is 2.65 bits per heavy atom. The van der Waals surface area contributed by atoms with Crippen molar-refractivity contribution in [3.8, 4) is 0 Å². The summed E-state index contributed by atoms with van der Waals surface area (Å²) in [6.45, 7) is -0.147. The van der Waals surface area contributed by atoms with Crippen LogP contribution in [0.5, 0.6) is 0 Å². The number of aromatic nitrogens is 1. The number of urea groups is 1. The van der Waals surface area contributed by atoms with Crippen LogP contribution in [0.1, 0.15) is 12.0 Å². The van der Waals surface area contributed by atoms with E-state index in [0.29, 0.717) is 11.4 Å². The molecule has 0 spiro atoms. The normalized spacial score (nSPS) is 11.5. The molecular weight excluding hydrogens is 503 g/mol. The van der Waals surface area contributed by atoms with Crippen molar-refractivity contribution in [1.82, 2.24) is 20.5 Å². The van der Waals surface area contributed by atoms with Gasteiger partial charge in [-0.1, -0.05) is 48.0 Å². The highest BCUT2D eigenvalue weighted by molar-refractivity contribution is 6.31. The maximum atomic E-state index is 13.7. The van der Waals surface area contributed by atoms with Gasteiger partial charge in [0.05, 0.1) is 17.6 Å². The van der Waals surface area contributed by atoms with E-state index in [0.717, 1.165) is 10.8 Å². The van der Waals surface area contributed by atoms with Crippen LogP contribution in [0.2, 0.25) is 5.02 Å². The van der Waals surface area contributed by atoms with Gasteiger partial charge in [0.2, 0.25) is 5.91 Å². The summed E-state index contributed by atoms with van der Waals surface area (Å²) in [6, 6.07) is 12.5. The number of nitrogens with two attached hydrogens (primary N) is 1. The molecule has 1 heterocycles. The predicted octanol–water partition coefficient (Wildman–Crippen LogP) is 3.25. The summed E-state index contributed by atoms with van der Waals surface area (Å²) in [5.74, 6) is -0.628. The third kappa shape index (κ3) is 8.02. The first-order valence-electron chi connectivity index (χ1n) is 11.5. The Labute approximate surface area is 218 Å². The number of likely N-dealkylation sites (N-methyl/N-ethyl adjacent to an activating group) is 1. The zero-order chi connectivity index (χ0) is 26.8. The lowest BCUT2D eigenvalue weighted by atomic mass is 10.2. The third-order valence-corrected chi connectivity index (χ3v) is 6.01. The molecule has 0 aliphatic heterocycles. The topological polar surface area (TPSA) is 139 Å². The summed E-state index contributed by atoms with van der Waals surface area (Å²) >= 11 is 5.95. The third-order valence-electron chi connectivity index (χ3n) is 5.58. The zero-order valence-electron chi connectivity index (χ0n) is 20.2. The second-order valence-corrected chi connectivity index (χ2v) is 8.50. The van der Waals surface area contributed by atoms with Crippen molar-refractivity contribution in [2.75, 3.05) is 32.1 Å². The number of rotatable bonds is 10. The van der Waals surface area contributed by atoms with Crippen molar-refractivity contribution in [3.63, 3.8) is 0 Å². The molecule has 10 nitrogen and oxygen atoms in total. The van der Waals surface area contributed by atoms with E-state index >= 15 is 0 Å². The Bertz CT molecular complexity index is 1260. The number of nitrogens with zero attached hydrogens (tertiary/aromatic N) is 2. The lowest BCUT2D eigenvalue weighted by Crippen LogP contribution is -2.47. The highest BCUT2D eigenvalue weighted by Gasteiger charge is 2.22. The van der Waals surface area contributed by atoms with Gasteiger partial charge in [-0.05, 0) is 29.5 Å². The molecule has 0 aliphatic rings. The number of halogens is 2. The fourth-order valence-electron chi connectivity index (χ4n) is 3.45. The number of hydrogen-bond acceptors (Lipinski definition) is 6. The number of benzene rings is 2. The molecule has 2 aromatic carbocycles. The van der Waals surface area contributed by atoms with Crippen molar-refractivity contribution in [2.45, 2.75) is 19.0 Å². The smallest absolute Gasteiger partial charge is 0.412 e. The van der Waals surface area contributed by atoms with Gasteiger partial charge in [0.25, 0.3) is 0 Å². The first-order chi connectivity index (χ1) is 17.8. The average Bonchev–Trinajstić information content (AvgIpc) is 2.90. The summed E-state index contributed by atoms with van der Waals surface area (Å²) < 4.78 is 19.0. The van der Waals surface area contributed by atoms with Crippen LogP contribution < -0.4 is 21.7 Å². The fraction of sp³-hybridized carbons (Fsp3) is 0.280. The maximum absolute atomic E-state index is 13.7. The van der Waals surface area contributed by atoms with Crippen LogP contribution >= 0.6 is 11.6 Å². The average molecular weight is 531 g/mol. The van der Waals surface area contributed by atoms with E-state index in [2.05, 4.69) is 20.9 Å². The van der Waals surface area contributed by atoms with Gasteiger partial charge in [0, 0.05) is 31.7 Å². The van der Waals surface area contributed by atoms with Crippen molar-refractivity contribution in [3.05, 3.63) is 71.1 Å². The van der Waals surface area contributed by atoms with E-state index in [-0.39, 0.29) is 43.6 Å². The summed E-state index contributed by atoms with van der Waals surface area (Å²) in [7, 11) is 1.52. The first kappa shape index (κ1) is 27.6. The molecule has 196 valence electrons. The van der Waals surface area contributed by atoms with E-state index in [1.54, 1.807) is 18.3 Å². The molecule has 1 atom stereocenters. The van der Waals surface area contributed by atoms with Crippen LogP contribution in [0.15, 0.2) is 54.7 Å². The van der Waals surface area contributed by atoms with Gasteiger partial charge in [0.1, 0.15) is 18.2 Å². The van der Waals surface area contributed by atoms with Crippen molar-refractivity contribution in [2.24, 2.45) is 5.73 Å². The van der Waals surface area contributed by atoms with Gasteiger partial charge in [-0.2, -0.15) is 0 Å². The van der Waals surface area contributed by atoms with Crippen molar-refractivity contribution in [1.29, 1.82) is 0 Å². The number of amides is 4. The highest BCUT2D eigenvalue weighted by atomic mass is 35.5. The van der Waals surface area contributed by atoms with Gasteiger partial charge in [-0.25, -0.2) is 19.0 Å². The standard InChI is InChI=1S/C25H28ClFN6O4/c1-33(24(35)31-14-18-7-4-8-20(27)23(18)26)19(9-10-29-22(34)12-28)15-37-25(36)32-21-11-16-5-2-3-6-17(16)13-30-21/h2-8,11,13,19H,9-10,12,14-15,28H2,1H3,(H,29,34)(H,31,35)(H,30,32,36)/t19-/m0/s1. The minimum atomic E-state index is -0.751. The molecule has 37 heavy (non-hydrogen) atoms. The molecule has 3 aromatic rings. The summed E-state index contributed by atoms with van der Waals surface area (Å²) in [5, 5.41) is 9.61. The lowest BCUT2D eigenvalue weighted by molar-refractivity contribution is -0.119. The zero-order valence-corrected chi connectivity index (χ0v) is 20.9. The molecule has 4 amide bonds. The molecule has 5 N–H and O–H groups in total. The fourth-order valence-corrected chi connectivity index (χ4v) is 3.64. The van der Waals surface area contributed by atoms with Crippen LogP contribution in [0.4, 0.5) is 19.8 Å². The number of nitrogens with one attached hydrogen (secondary N) is 3. The number of carbonyl (C=O) groups excluding carboxylic acids is 3. The lowest BCUT2D eigenvalue weighted by Gasteiger charge is -2.28. The molecule has 1 aromatic heterocycles. The second kappa shape index (κ2) is 13.4. The van der Waals surface area contributed by atoms with E-state index in [9.17, 15) is 18.8 Å². The molecule has 0 aliphatic carbocycles. The Hall–Kier alpha value is -3.96. The van der Waals surface area contributed by atoms with Crippen LogP contribution in [-0.4, -0.2) is 60.7 Å². The SMILES string of the molecule is CN(C(=O)NCc1cccc(F)c1Cl)[C@@H](CCNC(=O)CN)COC(=O)Nc1cc2ccccc2cn1. The predicted molar refractivity (Wildman–Crippen MR) is 139 cm³/mol. The Morgan fingerprint density at radius 1 is 1.14 bits per heavy atom. The van der Waals surface area contributed by atoms with Crippen molar-refractivity contribution < 1.29 is 23.5 Å². The molecule has 3 rings (SSSR count). The van der Waals surface area contributed by atoms with Crippen LogP contribution in [0.25, 0.3) is 10.8 Å². The van der Waals surface area contributed by atoms with E-state index in [1.807, 2.05) is 24.3 Å². The van der Waals surface area contributed by atoms with Crippen LogP contribution in [0.3, 0.4) is 0 Å². The number of fused-ring (bicyclic) bond motifs is 1. The molecular formula is C25H28ClFN6O4. The number of carbonyl (C=O) groups is 3. The minimum absolute atomic E-state index is 0.00856. The van der Waals surface area contributed by atoms with Gasteiger partial charge in [0.15, 0.2) is 0 Å². The van der Waals surface area contributed by atoms with Crippen LogP contribution in [0, 0.1) is 5.82 Å². The monoisotopic (exact) mass is 530 g/mol. The molecule has 0 saturated heterocycles. The molecule has 0 unspecified atom stereocenters. The minimum Gasteiger partial charge on any atom is -0.447 e. The maximum Gasteiger partial charge on any atom is 0.412 e. The van der Waals surface area contributed by atoms with Gasteiger partial charge >= 0.3 is 12.1 Å². The van der Waals surface area contributed by atoms with Crippen molar-refractivity contribution >= 4 is 46.2 Å².